The van der Waals surface area contributed by atoms with Crippen molar-refractivity contribution in [2.75, 3.05) is 39.6 Å². The van der Waals surface area contributed by atoms with Gasteiger partial charge in [0, 0.05) is 0 Å². The van der Waals surface area contributed by atoms with E-state index in [1.165, 1.54) is 6.08 Å². The number of hydrogen-bond acceptors (Lipinski definition) is 6. The van der Waals surface area contributed by atoms with Crippen LogP contribution < -0.4 is 0 Å². The molecule has 0 unspecified atom stereocenters. The van der Waals surface area contributed by atoms with Gasteiger partial charge in [-0.25, -0.2) is 4.79 Å². The molecule has 6 heteroatoms. The van der Waals surface area contributed by atoms with Gasteiger partial charge in [-0.05, 0) is 6.92 Å². The molecule has 1 saturated heterocycles. The highest BCUT2D eigenvalue weighted by atomic mass is 16.6. The van der Waals surface area contributed by atoms with E-state index in [-0.39, 0.29) is 6.54 Å². The summed E-state index contributed by atoms with van der Waals surface area (Å²) in [5.41, 5.74) is 0. The minimum Gasteiger partial charge on any atom is -0.465 e. The molecule has 0 aliphatic carbocycles. The topological polar surface area (TPSA) is 74.2 Å². The fraction of sp³-hybridized carbons (Fsp3) is 0.778. The lowest BCUT2D eigenvalue weighted by molar-refractivity contribution is -0.141. The Balaban J connectivity index is 0.000000280. The second kappa shape index (κ2) is 10.8. The SMILES string of the molecule is C1COCCO1.CCOC(=O)CN=C=O. The van der Waals surface area contributed by atoms with Gasteiger partial charge in [-0.2, -0.15) is 4.99 Å². The number of esters is 1. The van der Waals surface area contributed by atoms with Crippen LogP contribution in [0.1, 0.15) is 6.92 Å². The van der Waals surface area contributed by atoms with Crippen LogP contribution in [0.3, 0.4) is 0 Å². The van der Waals surface area contributed by atoms with E-state index >= 15 is 0 Å². The number of rotatable bonds is 3. The summed E-state index contributed by atoms with van der Waals surface area (Å²) in [4.78, 5) is 22.7. The molecule has 1 fully saturated rings. The van der Waals surface area contributed by atoms with Crippen LogP contribution >= 0.6 is 0 Å². The van der Waals surface area contributed by atoms with E-state index in [0.717, 1.165) is 26.4 Å². The summed E-state index contributed by atoms with van der Waals surface area (Å²) in [5.74, 6) is -0.499. The summed E-state index contributed by atoms with van der Waals surface area (Å²) in [7, 11) is 0. The largest absolute Gasteiger partial charge is 0.465 e. The van der Waals surface area contributed by atoms with Crippen LogP contribution in [0, 0.1) is 0 Å². The molecule has 0 N–H and O–H groups in total. The van der Waals surface area contributed by atoms with Crippen molar-refractivity contribution in [1.29, 1.82) is 0 Å². The first kappa shape index (κ1) is 13.8. The molecular formula is C9H15NO5. The number of carbonyl (C=O) groups excluding carboxylic acids is 2. The monoisotopic (exact) mass is 217 g/mol. The van der Waals surface area contributed by atoms with E-state index in [1.807, 2.05) is 0 Å². The zero-order valence-electron chi connectivity index (χ0n) is 8.73. The van der Waals surface area contributed by atoms with Gasteiger partial charge in [0.25, 0.3) is 0 Å². The predicted molar refractivity (Wildman–Crippen MR) is 51.3 cm³/mol. The van der Waals surface area contributed by atoms with Crippen LogP contribution in [-0.2, 0) is 23.8 Å². The van der Waals surface area contributed by atoms with Crippen LogP contribution in [0.15, 0.2) is 4.99 Å². The molecule has 15 heavy (non-hydrogen) atoms. The summed E-state index contributed by atoms with van der Waals surface area (Å²) in [6, 6.07) is 0. The molecule has 1 rings (SSSR count). The van der Waals surface area contributed by atoms with E-state index in [9.17, 15) is 9.59 Å². The molecule has 1 heterocycles. The van der Waals surface area contributed by atoms with E-state index in [1.54, 1.807) is 6.92 Å². The zero-order valence-corrected chi connectivity index (χ0v) is 8.73. The second-order valence-electron chi connectivity index (χ2n) is 2.44. The molecule has 6 nitrogen and oxygen atoms in total. The molecule has 0 saturated carbocycles. The molecule has 0 aromatic heterocycles. The molecule has 0 bridgehead atoms. The van der Waals surface area contributed by atoms with Gasteiger partial charge < -0.3 is 14.2 Å². The minimum absolute atomic E-state index is 0.225. The predicted octanol–water partition coefficient (Wildman–Crippen LogP) is -0.0815. The van der Waals surface area contributed by atoms with Crippen molar-refractivity contribution < 1.29 is 23.8 Å². The number of aliphatic imine (C=N–C) groups is 1. The maximum Gasteiger partial charge on any atom is 0.328 e. The highest BCUT2D eigenvalue weighted by molar-refractivity contribution is 5.72. The molecule has 86 valence electrons. The fourth-order valence-corrected chi connectivity index (χ4v) is 0.743. The summed E-state index contributed by atoms with van der Waals surface area (Å²) in [5, 5.41) is 0. The first-order valence-electron chi connectivity index (χ1n) is 4.66. The molecule has 0 amide bonds. The van der Waals surface area contributed by atoms with Crippen molar-refractivity contribution in [3.05, 3.63) is 0 Å². The van der Waals surface area contributed by atoms with Gasteiger partial charge in [-0.15, -0.1) is 0 Å². The minimum atomic E-state index is -0.499. The second-order valence-corrected chi connectivity index (χ2v) is 2.44. The lowest BCUT2D eigenvalue weighted by Crippen LogP contribution is -2.16. The van der Waals surface area contributed by atoms with Crippen molar-refractivity contribution in [1.82, 2.24) is 0 Å². The Hall–Kier alpha value is -1.23. The Bertz CT molecular complexity index is 197. The van der Waals surface area contributed by atoms with Crippen LogP contribution in [-0.4, -0.2) is 51.6 Å². The molecule has 1 aliphatic rings. The maximum atomic E-state index is 10.3. The first-order valence-corrected chi connectivity index (χ1v) is 4.66. The standard InChI is InChI=1S/C5H7NO3.C4H8O2/c1-2-9-5(8)3-6-4-7;1-2-6-4-3-5-1/h2-3H2,1H3;1-4H2. The van der Waals surface area contributed by atoms with Crippen LogP contribution in [0.25, 0.3) is 0 Å². The number of carbonyl (C=O) groups is 1. The summed E-state index contributed by atoms with van der Waals surface area (Å²) in [6.45, 7) is 4.88. The Morgan fingerprint density at radius 2 is 1.87 bits per heavy atom. The lowest BCUT2D eigenvalue weighted by Gasteiger charge is -2.09. The van der Waals surface area contributed by atoms with Gasteiger partial charge in [0.05, 0.1) is 33.0 Å². The average molecular weight is 217 g/mol. The van der Waals surface area contributed by atoms with Crippen molar-refractivity contribution in [2.24, 2.45) is 4.99 Å². The summed E-state index contributed by atoms with van der Waals surface area (Å²) in [6.07, 6.45) is 1.23. The highest BCUT2D eigenvalue weighted by Gasteiger charge is 1.96. The highest BCUT2D eigenvalue weighted by Crippen LogP contribution is 1.85. The number of ether oxygens (including phenoxy) is 3. The summed E-state index contributed by atoms with van der Waals surface area (Å²) < 4.78 is 14.3. The van der Waals surface area contributed by atoms with Crippen LogP contribution in [0.2, 0.25) is 0 Å². The van der Waals surface area contributed by atoms with Gasteiger partial charge in [0.2, 0.25) is 6.08 Å². The van der Waals surface area contributed by atoms with E-state index < -0.39 is 5.97 Å². The summed E-state index contributed by atoms with van der Waals surface area (Å²) >= 11 is 0. The van der Waals surface area contributed by atoms with E-state index in [4.69, 9.17) is 9.47 Å². The molecule has 0 atom stereocenters. The molecule has 1 aliphatic heterocycles. The van der Waals surface area contributed by atoms with Crippen LogP contribution in [0.4, 0.5) is 0 Å². The van der Waals surface area contributed by atoms with E-state index in [0.29, 0.717) is 6.61 Å². The van der Waals surface area contributed by atoms with Gasteiger partial charge in [-0.1, -0.05) is 0 Å². The zero-order chi connectivity index (χ0) is 11.4. The van der Waals surface area contributed by atoms with Crippen molar-refractivity contribution in [2.45, 2.75) is 6.92 Å². The van der Waals surface area contributed by atoms with Crippen molar-refractivity contribution in [3.63, 3.8) is 0 Å². The molecule has 0 aromatic carbocycles. The first-order chi connectivity index (χ1) is 7.31. The third kappa shape index (κ3) is 10.7. The Morgan fingerprint density at radius 3 is 2.20 bits per heavy atom. The van der Waals surface area contributed by atoms with Gasteiger partial charge >= 0.3 is 5.97 Å². The van der Waals surface area contributed by atoms with Gasteiger partial charge in [-0.3, -0.25) is 4.79 Å². The number of nitrogens with zero attached hydrogens (tertiary/aromatic N) is 1. The maximum absolute atomic E-state index is 10.3. The lowest BCUT2D eigenvalue weighted by atomic mass is 10.6. The van der Waals surface area contributed by atoms with Crippen molar-refractivity contribution >= 4 is 12.0 Å². The molecule has 0 radical (unpaired) electrons. The third-order valence-electron chi connectivity index (χ3n) is 1.32. The Kier molecular flexibility index (Phi) is 9.96. The average Bonchev–Trinajstić information content (AvgIpc) is 2.30. The third-order valence-corrected chi connectivity index (χ3v) is 1.32. The molecular weight excluding hydrogens is 202 g/mol. The van der Waals surface area contributed by atoms with Crippen LogP contribution in [0.5, 0.6) is 0 Å². The number of hydrogen-bond donors (Lipinski definition) is 0. The Morgan fingerprint density at radius 1 is 1.33 bits per heavy atom. The molecule has 0 spiro atoms. The smallest absolute Gasteiger partial charge is 0.328 e. The Labute approximate surface area is 88.2 Å². The van der Waals surface area contributed by atoms with Crippen molar-refractivity contribution in [3.8, 4) is 0 Å². The molecule has 0 aromatic rings. The number of isocyanates is 1. The van der Waals surface area contributed by atoms with E-state index in [2.05, 4.69) is 9.73 Å². The fourth-order valence-electron chi connectivity index (χ4n) is 0.743. The van der Waals surface area contributed by atoms with Gasteiger partial charge in [0.15, 0.2) is 0 Å². The normalized spacial score (nSPS) is 14.2. The van der Waals surface area contributed by atoms with Gasteiger partial charge in [0.1, 0.15) is 6.54 Å². The quantitative estimate of drug-likeness (QED) is 0.375.